The zero-order valence-electron chi connectivity index (χ0n) is 15.2. The number of ether oxygens (including phenoxy) is 1. The smallest absolute Gasteiger partial charge is 0.163 e. The van der Waals surface area contributed by atoms with E-state index in [-0.39, 0.29) is 0 Å². The lowest BCUT2D eigenvalue weighted by molar-refractivity contribution is 0.344. The van der Waals surface area contributed by atoms with Gasteiger partial charge < -0.3 is 10.1 Å². The number of pyridine rings is 2. The van der Waals surface area contributed by atoms with Gasteiger partial charge in [0.25, 0.3) is 0 Å². The fourth-order valence-electron chi connectivity index (χ4n) is 2.98. The first-order valence-electron chi connectivity index (χ1n) is 8.77. The van der Waals surface area contributed by atoms with E-state index in [0.717, 1.165) is 39.2 Å². The summed E-state index contributed by atoms with van der Waals surface area (Å²) in [5.41, 5.74) is 3.64. The maximum atomic E-state index is 5.92. The van der Waals surface area contributed by atoms with Crippen LogP contribution in [0.4, 0.5) is 5.82 Å². The van der Waals surface area contributed by atoms with Crippen LogP contribution in [0.3, 0.4) is 0 Å². The van der Waals surface area contributed by atoms with Crippen LogP contribution in [0.1, 0.15) is 6.92 Å². The number of benzene rings is 1. The van der Waals surface area contributed by atoms with Crippen molar-refractivity contribution in [2.75, 3.05) is 19.0 Å². The van der Waals surface area contributed by atoms with E-state index in [0.29, 0.717) is 12.4 Å². The molecule has 3 aromatic heterocycles. The Morgan fingerprint density at radius 3 is 2.30 bits per heavy atom. The molecule has 0 saturated heterocycles. The predicted octanol–water partition coefficient (Wildman–Crippen LogP) is 4.19. The highest BCUT2D eigenvalue weighted by molar-refractivity contribution is 5.97. The van der Waals surface area contributed by atoms with E-state index < -0.39 is 0 Å². The van der Waals surface area contributed by atoms with Crippen molar-refractivity contribution in [3.63, 3.8) is 0 Å². The van der Waals surface area contributed by atoms with Gasteiger partial charge >= 0.3 is 0 Å². The third-order valence-corrected chi connectivity index (χ3v) is 4.22. The Hall–Kier alpha value is -3.54. The number of hydrogen-bond donors (Lipinski definition) is 1. The molecule has 6 nitrogen and oxygen atoms in total. The second-order valence-electron chi connectivity index (χ2n) is 5.93. The van der Waals surface area contributed by atoms with Gasteiger partial charge in [-0.2, -0.15) is 0 Å². The lowest BCUT2D eigenvalue weighted by Gasteiger charge is -2.14. The van der Waals surface area contributed by atoms with Gasteiger partial charge in [0.15, 0.2) is 5.82 Å². The average Bonchev–Trinajstić information content (AvgIpc) is 2.74. The van der Waals surface area contributed by atoms with Crippen molar-refractivity contribution in [2.45, 2.75) is 6.92 Å². The number of nitrogens with zero attached hydrogens (tertiary/aromatic N) is 4. The highest BCUT2D eigenvalue weighted by Gasteiger charge is 2.15. The Labute approximate surface area is 157 Å². The Morgan fingerprint density at radius 2 is 1.67 bits per heavy atom. The van der Waals surface area contributed by atoms with Gasteiger partial charge in [-0.05, 0) is 42.8 Å². The molecule has 4 rings (SSSR count). The van der Waals surface area contributed by atoms with Crippen LogP contribution in [0.2, 0.25) is 0 Å². The van der Waals surface area contributed by atoms with Crippen molar-refractivity contribution in [1.82, 2.24) is 19.9 Å². The summed E-state index contributed by atoms with van der Waals surface area (Å²) < 4.78 is 5.92. The molecule has 0 saturated carbocycles. The molecule has 1 N–H and O–H groups in total. The quantitative estimate of drug-likeness (QED) is 0.577. The molecule has 0 spiro atoms. The van der Waals surface area contributed by atoms with Crippen molar-refractivity contribution >= 4 is 16.7 Å². The van der Waals surface area contributed by atoms with Gasteiger partial charge in [0.2, 0.25) is 0 Å². The molecule has 0 radical (unpaired) electrons. The second kappa shape index (κ2) is 7.37. The minimum atomic E-state index is 0.548. The molecule has 0 aliphatic rings. The van der Waals surface area contributed by atoms with Crippen LogP contribution in [0.25, 0.3) is 33.4 Å². The van der Waals surface area contributed by atoms with E-state index in [2.05, 4.69) is 21.4 Å². The first-order chi connectivity index (χ1) is 13.3. The normalized spacial score (nSPS) is 10.7. The molecule has 134 valence electrons. The average molecular weight is 357 g/mol. The number of hydrogen-bond acceptors (Lipinski definition) is 6. The van der Waals surface area contributed by atoms with Crippen molar-refractivity contribution in [3.05, 3.63) is 61.2 Å². The molecule has 3 heterocycles. The number of aromatic nitrogens is 4. The summed E-state index contributed by atoms with van der Waals surface area (Å²) in [7, 11) is 1.85. The number of rotatable bonds is 5. The standard InChI is InChI=1S/C21H19N5O/c1-3-27-18-11-16(14-6-4-8-23-12-14)10-17-19(18)25-20(26-21(17)22-2)15-7-5-9-24-13-15/h4-13H,3H2,1-2H3,(H,22,25,26). The molecular weight excluding hydrogens is 338 g/mol. The van der Waals surface area contributed by atoms with E-state index in [1.807, 2.05) is 50.5 Å². The van der Waals surface area contributed by atoms with Gasteiger partial charge in [-0.15, -0.1) is 0 Å². The van der Waals surface area contributed by atoms with Crippen molar-refractivity contribution < 1.29 is 4.74 Å². The van der Waals surface area contributed by atoms with Crippen molar-refractivity contribution in [3.8, 4) is 28.3 Å². The van der Waals surface area contributed by atoms with Crippen LogP contribution >= 0.6 is 0 Å². The number of nitrogens with one attached hydrogen (secondary N) is 1. The highest BCUT2D eigenvalue weighted by atomic mass is 16.5. The summed E-state index contributed by atoms with van der Waals surface area (Å²) in [6.07, 6.45) is 7.08. The molecule has 1 aromatic carbocycles. The number of fused-ring (bicyclic) bond motifs is 1. The number of anilines is 1. The van der Waals surface area contributed by atoms with Crippen LogP contribution < -0.4 is 10.1 Å². The fraction of sp³-hybridized carbons (Fsp3) is 0.143. The SMILES string of the molecule is CCOc1cc(-c2cccnc2)cc2c(NC)nc(-c3cccnc3)nc12. The van der Waals surface area contributed by atoms with Crippen LogP contribution in [0.5, 0.6) is 5.75 Å². The first-order valence-corrected chi connectivity index (χ1v) is 8.77. The van der Waals surface area contributed by atoms with E-state index in [1.54, 1.807) is 18.6 Å². The molecular formula is C21H19N5O. The molecule has 6 heteroatoms. The van der Waals surface area contributed by atoms with Crippen LogP contribution in [-0.4, -0.2) is 33.6 Å². The van der Waals surface area contributed by atoms with Gasteiger partial charge in [-0.1, -0.05) is 6.07 Å². The fourth-order valence-corrected chi connectivity index (χ4v) is 2.98. The van der Waals surface area contributed by atoms with Gasteiger partial charge in [0, 0.05) is 48.3 Å². The van der Waals surface area contributed by atoms with E-state index in [9.17, 15) is 0 Å². The third kappa shape index (κ3) is 3.29. The zero-order chi connectivity index (χ0) is 18.6. The van der Waals surface area contributed by atoms with Crippen molar-refractivity contribution in [1.29, 1.82) is 0 Å². The van der Waals surface area contributed by atoms with E-state index >= 15 is 0 Å². The summed E-state index contributed by atoms with van der Waals surface area (Å²) in [6, 6.07) is 11.8. The largest absolute Gasteiger partial charge is 0.492 e. The summed E-state index contributed by atoms with van der Waals surface area (Å²) in [4.78, 5) is 17.9. The monoisotopic (exact) mass is 357 g/mol. The molecule has 0 unspecified atom stereocenters. The maximum Gasteiger partial charge on any atom is 0.163 e. The van der Waals surface area contributed by atoms with E-state index in [1.165, 1.54) is 0 Å². The Bertz CT molecular complexity index is 1070. The lowest BCUT2D eigenvalue weighted by atomic mass is 10.0. The minimum absolute atomic E-state index is 0.548. The summed E-state index contributed by atoms with van der Waals surface area (Å²) in [5, 5.41) is 4.08. The van der Waals surface area contributed by atoms with Crippen LogP contribution in [-0.2, 0) is 0 Å². The minimum Gasteiger partial charge on any atom is -0.492 e. The molecule has 27 heavy (non-hydrogen) atoms. The highest BCUT2D eigenvalue weighted by Crippen LogP contribution is 2.35. The lowest BCUT2D eigenvalue weighted by Crippen LogP contribution is -2.02. The Morgan fingerprint density at radius 1 is 0.926 bits per heavy atom. The molecule has 0 amide bonds. The van der Waals surface area contributed by atoms with Gasteiger partial charge in [-0.25, -0.2) is 9.97 Å². The maximum absolute atomic E-state index is 5.92. The van der Waals surface area contributed by atoms with Crippen LogP contribution in [0, 0.1) is 0 Å². The third-order valence-electron chi connectivity index (χ3n) is 4.22. The molecule has 4 aromatic rings. The predicted molar refractivity (Wildman–Crippen MR) is 107 cm³/mol. The summed E-state index contributed by atoms with van der Waals surface area (Å²) in [5.74, 6) is 2.07. The van der Waals surface area contributed by atoms with Crippen molar-refractivity contribution in [2.24, 2.45) is 0 Å². The van der Waals surface area contributed by atoms with E-state index in [4.69, 9.17) is 14.7 Å². The van der Waals surface area contributed by atoms with Gasteiger partial charge in [-0.3, -0.25) is 9.97 Å². The molecule has 0 aliphatic carbocycles. The van der Waals surface area contributed by atoms with Gasteiger partial charge in [0.05, 0.1) is 6.61 Å². The molecule has 0 atom stereocenters. The van der Waals surface area contributed by atoms with Gasteiger partial charge in [0.1, 0.15) is 17.1 Å². The first kappa shape index (κ1) is 16.9. The zero-order valence-corrected chi connectivity index (χ0v) is 15.2. The molecule has 0 bridgehead atoms. The summed E-state index contributed by atoms with van der Waals surface area (Å²) in [6.45, 7) is 2.51. The Balaban J connectivity index is 1.98. The molecule has 0 fully saturated rings. The summed E-state index contributed by atoms with van der Waals surface area (Å²) >= 11 is 0. The van der Waals surface area contributed by atoms with Crippen LogP contribution in [0.15, 0.2) is 61.2 Å². The topological polar surface area (TPSA) is 72.8 Å². The second-order valence-corrected chi connectivity index (χ2v) is 5.93. The molecule has 0 aliphatic heterocycles. The Kier molecular flexibility index (Phi) is 4.61.